The van der Waals surface area contributed by atoms with Gasteiger partial charge in [0.1, 0.15) is 11.5 Å². The first-order valence-electron chi connectivity index (χ1n) is 9.48. The van der Waals surface area contributed by atoms with Gasteiger partial charge in [-0.3, -0.25) is 0 Å². The van der Waals surface area contributed by atoms with Gasteiger partial charge in [-0.1, -0.05) is 65.8 Å². The second kappa shape index (κ2) is 7.87. The predicted molar refractivity (Wildman–Crippen MR) is 114 cm³/mol. The third kappa shape index (κ3) is 4.33. The summed E-state index contributed by atoms with van der Waals surface area (Å²) in [5.41, 5.74) is 6.47. The summed E-state index contributed by atoms with van der Waals surface area (Å²) in [6.45, 7) is 10.4. The Labute approximate surface area is 162 Å². The highest BCUT2D eigenvalue weighted by atomic mass is 16.3. The van der Waals surface area contributed by atoms with Crippen LogP contribution in [0.3, 0.4) is 0 Å². The zero-order valence-electron chi connectivity index (χ0n) is 16.4. The molecule has 27 heavy (non-hydrogen) atoms. The predicted octanol–water partition coefficient (Wildman–Crippen LogP) is 6.59. The van der Waals surface area contributed by atoms with Gasteiger partial charge in [0.05, 0.1) is 0 Å². The summed E-state index contributed by atoms with van der Waals surface area (Å²) < 4.78 is 0. The maximum absolute atomic E-state index is 10.7. The van der Waals surface area contributed by atoms with Crippen molar-refractivity contribution >= 4 is 12.2 Å². The van der Waals surface area contributed by atoms with Crippen LogP contribution in [0.25, 0.3) is 12.2 Å². The van der Waals surface area contributed by atoms with E-state index in [4.69, 9.17) is 0 Å². The molecule has 1 aliphatic carbocycles. The van der Waals surface area contributed by atoms with E-state index in [9.17, 15) is 10.2 Å². The summed E-state index contributed by atoms with van der Waals surface area (Å²) >= 11 is 0. The van der Waals surface area contributed by atoms with E-state index < -0.39 is 0 Å². The fourth-order valence-electron chi connectivity index (χ4n) is 3.92. The zero-order chi connectivity index (χ0) is 19.6. The molecule has 2 nitrogen and oxygen atoms in total. The van der Waals surface area contributed by atoms with Crippen molar-refractivity contribution in [2.24, 2.45) is 5.92 Å². The molecule has 0 aromatic heterocycles. The van der Waals surface area contributed by atoms with Gasteiger partial charge >= 0.3 is 0 Å². The van der Waals surface area contributed by atoms with Gasteiger partial charge in [-0.05, 0) is 56.7 Å². The Hall–Kier alpha value is -2.74. The SMILES string of the molecule is C=C(C)C1CCC(C)=CC1c1c(O)cc(O)cc1/C=C/c1ccc(C)cc1. The number of benzene rings is 2. The zero-order valence-corrected chi connectivity index (χ0v) is 16.4. The van der Waals surface area contributed by atoms with E-state index in [1.165, 1.54) is 17.2 Å². The van der Waals surface area contributed by atoms with Crippen molar-refractivity contribution < 1.29 is 10.2 Å². The van der Waals surface area contributed by atoms with Crippen LogP contribution in [-0.4, -0.2) is 10.2 Å². The molecule has 2 aromatic rings. The summed E-state index contributed by atoms with van der Waals surface area (Å²) in [5.74, 6) is 0.564. The average Bonchev–Trinajstić information content (AvgIpc) is 2.60. The van der Waals surface area contributed by atoms with E-state index in [0.29, 0.717) is 0 Å². The topological polar surface area (TPSA) is 40.5 Å². The van der Waals surface area contributed by atoms with E-state index in [1.54, 1.807) is 6.07 Å². The molecule has 0 saturated carbocycles. The minimum absolute atomic E-state index is 0.0644. The minimum atomic E-state index is 0.0644. The molecule has 0 saturated heterocycles. The first-order valence-corrected chi connectivity index (χ1v) is 9.48. The maximum atomic E-state index is 10.7. The van der Waals surface area contributed by atoms with Crippen LogP contribution in [-0.2, 0) is 0 Å². The van der Waals surface area contributed by atoms with Gasteiger partial charge < -0.3 is 10.2 Å². The molecule has 0 fully saturated rings. The molecule has 140 valence electrons. The Morgan fingerprint density at radius 2 is 1.78 bits per heavy atom. The first kappa shape index (κ1) is 19.0. The summed E-state index contributed by atoms with van der Waals surface area (Å²) in [4.78, 5) is 0. The molecular formula is C25H28O2. The van der Waals surface area contributed by atoms with Gasteiger partial charge in [0.25, 0.3) is 0 Å². The Kier molecular flexibility index (Phi) is 5.55. The van der Waals surface area contributed by atoms with Gasteiger partial charge in [-0.15, -0.1) is 0 Å². The summed E-state index contributed by atoms with van der Waals surface area (Å²) in [7, 11) is 0. The van der Waals surface area contributed by atoms with Crippen molar-refractivity contribution in [3.63, 3.8) is 0 Å². The smallest absolute Gasteiger partial charge is 0.123 e. The number of hydrogen-bond acceptors (Lipinski definition) is 2. The molecule has 2 atom stereocenters. The van der Waals surface area contributed by atoms with Gasteiger partial charge in [0.2, 0.25) is 0 Å². The largest absolute Gasteiger partial charge is 0.508 e. The lowest BCUT2D eigenvalue weighted by molar-refractivity contribution is 0.426. The third-order valence-corrected chi connectivity index (χ3v) is 5.42. The molecule has 0 bridgehead atoms. The number of phenols is 2. The fraction of sp³-hybridized carbons (Fsp3) is 0.280. The van der Waals surface area contributed by atoms with Crippen LogP contribution < -0.4 is 0 Å². The van der Waals surface area contributed by atoms with Crippen LogP contribution in [0, 0.1) is 12.8 Å². The van der Waals surface area contributed by atoms with Gasteiger partial charge in [-0.25, -0.2) is 0 Å². The lowest BCUT2D eigenvalue weighted by Crippen LogP contribution is -2.17. The average molecular weight is 360 g/mol. The molecular weight excluding hydrogens is 332 g/mol. The monoisotopic (exact) mass is 360 g/mol. The summed E-state index contributed by atoms with van der Waals surface area (Å²) in [6, 6.07) is 11.4. The Morgan fingerprint density at radius 3 is 2.44 bits per heavy atom. The molecule has 2 unspecified atom stereocenters. The highest BCUT2D eigenvalue weighted by molar-refractivity contribution is 5.74. The highest BCUT2D eigenvalue weighted by Crippen LogP contribution is 2.45. The van der Waals surface area contributed by atoms with Crippen LogP contribution in [0.1, 0.15) is 54.9 Å². The van der Waals surface area contributed by atoms with Crippen LogP contribution in [0.2, 0.25) is 0 Å². The lowest BCUT2D eigenvalue weighted by Gasteiger charge is -2.32. The Balaban J connectivity index is 2.08. The van der Waals surface area contributed by atoms with Crippen molar-refractivity contribution in [1.29, 1.82) is 0 Å². The molecule has 0 radical (unpaired) electrons. The number of allylic oxidation sites excluding steroid dienone is 3. The van der Waals surface area contributed by atoms with Crippen molar-refractivity contribution in [3.05, 3.63) is 82.5 Å². The van der Waals surface area contributed by atoms with Crippen molar-refractivity contribution in [1.82, 2.24) is 0 Å². The fourth-order valence-corrected chi connectivity index (χ4v) is 3.92. The van der Waals surface area contributed by atoms with Crippen LogP contribution in [0.4, 0.5) is 0 Å². The standard InChI is InChI=1S/C25H28O2/c1-16(2)22-12-7-18(4)13-23(22)25-20(14-21(26)15-24(25)27)11-10-19-8-5-17(3)6-9-19/h5-6,8-11,13-15,22-23,26-27H,1,7,12H2,2-4H3/b11-10+. The van der Waals surface area contributed by atoms with Gasteiger partial charge in [0.15, 0.2) is 0 Å². The second-order valence-electron chi connectivity index (χ2n) is 7.74. The number of rotatable bonds is 4. The van der Waals surface area contributed by atoms with E-state index in [1.807, 2.05) is 12.2 Å². The van der Waals surface area contributed by atoms with Crippen molar-refractivity contribution in [3.8, 4) is 11.5 Å². The summed E-state index contributed by atoms with van der Waals surface area (Å²) in [6.07, 6.45) is 8.34. The van der Waals surface area contributed by atoms with E-state index in [0.717, 1.165) is 35.1 Å². The molecule has 0 aliphatic heterocycles. The number of phenolic OH excluding ortho intramolecular Hbond substituents is 2. The molecule has 0 spiro atoms. The maximum Gasteiger partial charge on any atom is 0.123 e. The molecule has 2 aromatic carbocycles. The number of aryl methyl sites for hydroxylation is 1. The van der Waals surface area contributed by atoms with Gasteiger partial charge in [0, 0.05) is 17.5 Å². The number of hydrogen-bond donors (Lipinski definition) is 2. The van der Waals surface area contributed by atoms with Crippen molar-refractivity contribution in [2.75, 3.05) is 0 Å². The second-order valence-corrected chi connectivity index (χ2v) is 7.74. The highest BCUT2D eigenvalue weighted by Gasteiger charge is 2.29. The van der Waals surface area contributed by atoms with Crippen LogP contribution in [0.5, 0.6) is 11.5 Å². The molecule has 1 aliphatic rings. The Bertz CT molecular complexity index is 901. The minimum Gasteiger partial charge on any atom is -0.508 e. The Morgan fingerprint density at radius 1 is 1.07 bits per heavy atom. The lowest BCUT2D eigenvalue weighted by atomic mass is 9.73. The van der Waals surface area contributed by atoms with Crippen LogP contribution >= 0.6 is 0 Å². The number of aromatic hydroxyl groups is 2. The van der Waals surface area contributed by atoms with E-state index in [2.05, 4.69) is 57.7 Å². The van der Waals surface area contributed by atoms with Crippen LogP contribution in [0.15, 0.2) is 60.2 Å². The summed E-state index contributed by atoms with van der Waals surface area (Å²) in [5, 5.41) is 20.7. The van der Waals surface area contributed by atoms with Gasteiger partial charge in [-0.2, -0.15) is 0 Å². The molecule has 3 rings (SSSR count). The third-order valence-electron chi connectivity index (χ3n) is 5.42. The van der Waals surface area contributed by atoms with E-state index in [-0.39, 0.29) is 23.3 Å². The quantitative estimate of drug-likeness (QED) is 0.477. The van der Waals surface area contributed by atoms with E-state index >= 15 is 0 Å². The normalized spacial score (nSPS) is 19.9. The first-order chi connectivity index (χ1) is 12.8. The van der Waals surface area contributed by atoms with Crippen molar-refractivity contribution in [2.45, 2.75) is 39.5 Å². The molecule has 2 N–H and O–H groups in total. The molecule has 2 heteroatoms. The molecule has 0 amide bonds. The molecule has 0 heterocycles.